The molecule has 1 saturated heterocycles. The lowest BCUT2D eigenvalue weighted by Crippen LogP contribution is -2.50. The average Bonchev–Trinajstić information content (AvgIpc) is 2.96. The first-order valence-electron chi connectivity index (χ1n) is 12.7. The maximum atomic E-state index is 12.8. The number of carbonyl (C=O) groups excluding carboxylic acids is 1. The minimum Gasteiger partial charge on any atom is -0.484 e. The molecule has 1 aliphatic heterocycles. The van der Waals surface area contributed by atoms with Crippen LogP contribution in [0.4, 0.5) is 0 Å². The van der Waals surface area contributed by atoms with Gasteiger partial charge < -0.3 is 19.6 Å². The average molecular weight is 516 g/mol. The van der Waals surface area contributed by atoms with Crippen molar-refractivity contribution in [2.45, 2.75) is 19.9 Å². The van der Waals surface area contributed by atoms with Crippen LogP contribution in [0.5, 0.6) is 5.75 Å². The molecular weight excluding hydrogens is 482 g/mol. The first-order chi connectivity index (χ1) is 18.4. The van der Waals surface area contributed by atoms with E-state index in [9.17, 15) is 9.59 Å². The third-order valence-electron chi connectivity index (χ3n) is 6.72. The molecule has 38 heavy (non-hydrogen) atoms. The van der Waals surface area contributed by atoms with Crippen LogP contribution in [-0.2, 0) is 14.4 Å². The SMILES string of the molecule is C/C(=N\OCC(=O)O)c1ccc(-c2cccc(OCC(=O)N3CCN(C(C)c4ccccc4)CC3)c2)cc1. The Morgan fingerprint density at radius 3 is 2.29 bits per heavy atom. The summed E-state index contributed by atoms with van der Waals surface area (Å²) in [5.74, 6) is -0.445. The van der Waals surface area contributed by atoms with Gasteiger partial charge in [-0.05, 0) is 48.2 Å². The number of carboxylic acids is 1. The van der Waals surface area contributed by atoms with E-state index in [-0.39, 0.29) is 12.5 Å². The van der Waals surface area contributed by atoms with E-state index in [0.717, 1.165) is 29.8 Å². The molecule has 1 unspecified atom stereocenters. The second-order valence-electron chi connectivity index (χ2n) is 9.24. The summed E-state index contributed by atoms with van der Waals surface area (Å²) >= 11 is 0. The molecule has 0 saturated carbocycles. The number of benzene rings is 3. The summed E-state index contributed by atoms with van der Waals surface area (Å²) in [4.78, 5) is 32.5. The van der Waals surface area contributed by atoms with Gasteiger partial charge in [-0.2, -0.15) is 0 Å². The fourth-order valence-corrected chi connectivity index (χ4v) is 4.44. The van der Waals surface area contributed by atoms with E-state index in [1.54, 1.807) is 6.92 Å². The first-order valence-corrected chi connectivity index (χ1v) is 12.7. The first kappa shape index (κ1) is 26.9. The molecule has 0 bridgehead atoms. The molecule has 1 amide bonds. The predicted molar refractivity (Wildman–Crippen MR) is 146 cm³/mol. The third-order valence-corrected chi connectivity index (χ3v) is 6.72. The molecule has 1 heterocycles. The number of rotatable bonds is 10. The molecule has 3 aromatic carbocycles. The van der Waals surface area contributed by atoms with Gasteiger partial charge in [0.05, 0.1) is 5.71 Å². The normalized spacial score (nSPS) is 15.1. The van der Waals surface area contributed by atoms with Crippen LogP contribution in [-0.4, -0.2) is 71.9 Å². The van der Waals surface area contributed by atoms with E-state index < -0.39 is 12.6 Å². The van der Waals surface area contributed by atoms with Crippen LogP contribution in [0.2, 0.25) is 0 Å². The Morgan fingerprint density at radius 2 is 1.61 bits per heavy atom. The van der Waals surface area contributed by atoms with E-state index >= 15 is 0 Å². The number of nitrogens with zero attached hydrogens (tertiary/aromatic N) is 3. The van der Waals surface area contributed by atoms with Gasteiger partial charge >= 0.3 is 5.97 Å². The maximum absolute atomic E-state index is 12.8. The smallest absolute Gasteiger partial charge is 0.344 e. The van der Waals surface area contributed by atoms with Crippen LogP contribution in [0.15, 0.2) is 84.0 Å². The lowest BCUT2D eigenvalue weighted by Gasteiger charge is -2.38. The standard InChI is InChI=1S/C30H33N3O5/c1-22(31-38-21-30(35)36)24-11-13-26(14-12-24)27-9-6-10-28(19-27)37-20-29(34)33-17-15-32(16-18-33)23(2)25-7-4-3-5-8-25/h3-14,19,23H,15-18,20-21H2,1-2H3,(H,35,36)/b31-22+. The number of carbonyl (C=O) groups is 2. The predicted octanol–water partition coefficient (Wildman–Crippen LogP) is 4.46. The molecule has 8 heteroatoms. The van der Waals surface area contributed by atoms with Crippen molar-refractivity contribution in [3.63, 3.8) is 0 Å². The number of aliphatic carboxylic acids is 1. The van der Waals surface area contributed by atoms with Crippen LogP contribution in [0.3, 0.4) is 0 Å². The number of hydrogen-bond donors (Lipinski definition) is 1. The second kappa shape index (κ2) is 12.9. The molecule has 0 radical (unpaired) electrons. The van der Waals surface area contributed by atoms with Crippen molar-refractivity contribution in [3.8, 4) is 16.9 Å². The van der Waals surface area contributed by atoms with Gasteiger partial charge in [-0.3, -0.25) is 9.69 Å². The lowest BCUT2D eigenvalue weighted by atomic mass is 10.0. The van der Waals surface area contributed by atoms with E-state index in [1.165, 1.54) is 5.56 Å². The molecular formula is C30H33N3O5. The van der Waals surface area contributed by atoms with Crippen molar-refractivity contribution >= 4 is 17.6 Å². The maximum Gasteiger partial charge on any atom is 0.344 e. The van der Waals surface area contributed by atoms with E-state index in [0.29, 0.717) is 30.6 Å². The molecule has 0 spiro atoms. The Balaban J connectivity index is 1.28. The monoisotopic (exact) mass is 515 g/mol. The summed E-state index contributed by atoms with van der Waals surface area (Å²) in [5.41, 5.74) is 4.65. The summed E-state index contributed by atoms with van der Waals surface area (Å²) < 4.78 is 5.86. The summed E-state index contributed by atoms with van der Waals surface area (Å²) in [7, 11) is 0. The summed E-state index contributed by atoms with van der Waals surface area (Å²) in [5, 5.41) is 12.5. The quantitative estimate of drug-likeness (QED) is 0.317. The third kappa shape index (κ3) is 7.20. The van der Waals surface area contributed by atoms with Gasteiger partial charge in [0.1, 0.15) is 5.75 Å². The molecule has 0 aliphatic carbocycles. The number of hydrogen-bond acceptors (Lipinski definition) is 6. The molecule has 1 fully saturated rings. The Bertz CT molecular complexity index is 1250. The number of piperazine rings is 1. The highest BCUT2D eigenvalue weighted by molar-refractivity contribution is 5.98. The lowest BCUT2D eigenvalue weighted by molar-refractivity contribution is -0.142. The van der Waals surface area contributed by atoms with Gasteiger partial charge in [-0.15, -0.1) is 0 Å². The van der Waals surface area contributed by atoms with Gasteiger partial charge in [-0.1, -0.05) is 71.9 Å². The van der Waals surface area contributed by atoms with Crippen molar-refractivity contribution in [3.05, 3.63) is 90.0 Å². The molecule has 4 rings (SSSR count). The number of oxime groups is 1. The highest BCUT2D eigenvalue weighted by atomic mass is 16.6. The minimum absolute atomic E-state index is 0.00261. The molecule has 3 aromatic rings. The van der Waals surface area contributed by atoms with Crippen molar-refractivity contribution in [1.29, 1.82) is 0 Å². The largest absolute Gasteiger partial charge is 0.484 e. The highest BCUT2D eigenvalue weighted by Crippen LogP contribution is 2.25. The van der Waals surface area contributed by atoms with Gasteiger partial charge in [0.2, 0.25) is 6.61 Å². The summed E-state index contributed by atoms with van der Waals surface area (Å²) in [6.07, 6.45) is 0. The number of ether oxygens (including phenoxy) is 1. The molecule has 198 valence electrons. The second-order valence-corrected chi connectivity index (χ2v) is 9.24. The van der Waals surface area contributed by atoms with Crippen LogP contribution >= 0.6 is 0 Å². The van der Waals surface area contributed by atoms with Crippen LogP contribution in [0.1, 0.15) is 31.0 Å². The van der Waals surface area contributed by atoms with Crippen LogP contribution in [0, 0.1) is 0 Å². The van der Waals surface area contributed by atoms with Crippen molar-refractivity contribution in [2.24, 2.45) is 5.16 Å². The van der Waals surface area contributed by atoms with Gasteiger partial charge in [0, 0.05) is 32.2 Å². The van der Waals surface area contributed by atoms with Crippen molar-refractivity contribution in [2.75, 3.05) is 39.4 Å². The number of carboxylic acid groups (broad SMARTS) is 1. The van der Waals surface area contributed by atoms with Gasteiger partial charge in [0.15, 0.2) is 6.61 Å². The Morgan fingerprint density at radius 1 is 0.895 bits per heavy atom. The summed E-state index contributed by atoms with van der Waals surface area (Å²) in [6.45, 7) is 6.54. The van der Waals surface area contributed by atoms with E-state index in [1.807, 2.05) is 59.5 Å². The topological polar surface area (TPSA) is 91.7 Å². The fourth-order valence-electron chi connectivity index (χ4n) is 4.44. The molecule has 1 aliphatic rings. The zero-order valence-corrected chi connectivity index (χ0v) is 21.7. The van der Waals surface area contributed by atoms with Crippen LogP contribution in [0.25, 0.3) is 11.1 Å². The zero-order chi connectivity index (χ0) is 26.9. The minimum atomic E-state index is -1.07. The molecule has 1 N–H and O–H groups in total. The summed E-state index contributed by atoms with van der Waals surface area (Å²) in [6, 6.07) is 26.1. The molecule has 8 nitrogen and oxygen atoms in total. The van der Waals surface area contributed by atoms with Crippen molar-refractivity contribution in [1.82, 2.24) is 9.80 Å². The van der Waals surface area contributed by atoms with E-state index in [2.05, 4.69) is 41.2 Å². The Labute approximate surface area is 223 Å². The van der Waals surface area contributed by atoms with Gasteiger partial charge in [-0.25, -0.2) is 4.79 Å². The number of amides is 1. The van der Waals surface area contributed by atoms with Crippen LogP contribution < -0.4 is 4.74 Å². The highest BCUT2D eigenvalue weighted by Gasteiger charge is 2.25. The van der Waals surface area contributed by atoms with Crippen molar-refractivity contribution < 1.29 is 24.3 Å². The molecule has 1 atom stereocenters. The van der Waals surface area contributed by atoms with Gasteiger partial charge in [0.25, 0.3) is 5.91 Å². The van der Waals surface area contributed by atoms with E-state index in [4.69, 9.17) is 14.7 Å². The Kier molecular flexibility index (Phi) is 9.11. The fraction of sp³-hybridized carbons (Fsp3) is 0.300. The Hall–Kier alpha value is -4.17. The zero-order valence-electron chi connectivity index (χ0n) is 21.7. The molecule has 0 aromatic heterocycles.